The van der Waals surface area contributed by atoms with Gasteiger partial charge in [-0.2, -0.15) is 5.26 Å². The van der Waals surface area contributed by atoms with E-state index in [1.807, 2.05) is 13.0 Å². The van der Waals surface area contributed by atoms with Gasteiger partial charge < -0.3 is 10.5 Å². The molecule has 0 unspecified atom stereocenters. The minimum atomic E-state index is 0.295. The molecule has 0 bridgehead atoms. The van der Waals surface area contributed by atoms with Crippen molar-refractivity contribution in [2.24, 2.45) is 0 Å². The SMILES string of the molecule is Cc1ccc(C#N)cc1OCc1cnc(N)cn1. The first-order valence-corrected chi connectivity index (χ1v) is 5.39. The van der Waals surface area contributed by atoms with Gasteiger partial charge in [0.25, 0.3) is 0 Å². The van der Waals surface area contributed by atoms with E-state index in [2.05, 4.69) is 16.0 Å². The Morgan fingerprint density at radius 3 is 2.83 bits per heavy atom. The number of anilines is 1. The smallest absolute Gasteiger partial charge is 0.141 e. The predicted octanol–water partition coefficient (Wildman–Crippen LogP) is 1.82. The third kappa shape index (κ3) is 2.74. The fraction of sp³-hybridized carbons (Fsp3) is 0.154. The van der Waals surface area contributed by atoms with Gasteiger partial charge >= 0.3 is 0 Å². The second kappa shape index (κ2) is 5.15. The van der Waals surface area contributed by atoms with Crippen molar-refractivity contribution >= 4 is 5.82 Å². The second-order valence-electron chi connectivity index (χ2n) is 3.81. The lowest BCUT2D eigenvalue weighted by Crippen LogP contribution is -2.01. The number of hydrogen-bond donors (Lipinski definition) is 1. The lowest BCUT2D eigenvalue weighted by atomic mass is 10.1. The second-order valence-corrected chi connectivity index (χ2v) is 3.81. The zero-order valence-corrected chi connectivity index (χ0v) is 9.92. The van der Waals surface area contributed by atoms with Crippen LogP contribution in [0.3, 0.4) is 0 Å². The fourth-order valence-electron chi connectivity index (χ4n) is 1.42. The molecule has 2 rings (SSSR count). The van der Waals surface area contributed by atoms with Gasteiger partial charge in [-0.05, 0) is 24.6 Å². The average molecular weight is 240 g/mol. The number of nitrogen functional groups attached to an aromatic ring is 1. The van der Waals surface area contributed by atoms with Crippen molar-refractivity contribution in [3.63, 3.8) is 0 Å². The molecule has 1 aromatic carbocycles. The van der Waals surface area contributed by atoms with Gasteiger partial charge in [0, 0.05) is 0 Å². The van der Waals surface area contributed by atoms with Gasteiger partial charge in [-0.25, -0.2) is 4.98 Å². The van der Waals surface area contributed by atoms with Crippen LogP contribution in [0.15, 0.2) is 30.6 Å². The monoisotopic (exact) mass is 240 g/mol. The van der Waals surface area contributed by atoms with Crippen molar-refractivity contribution in [1.29, 1.82) is 5.26 Å². The number of nitrogens with zero attached hydrogens (tertiary/aromatic N) is 3. The van der Waals surface area contributed by atoms with E-state index in [-0.39, 0.29) is 0 Å². The molecule has 0 atom stereocenters. The number of nitriles is 1. The Morgan fingerprint density at radius 1 is 1.33 bits per heavy atom. The molecule has 5 nitrogen and oxygen atoms in total. The van der Waals surface area contributed by atoms with E-state index in [4.69, 9.17) is 15.7 Å². The first kappa shape index (κ1) is 11.9. The quantitative estimate of drug-likeness (QED) is 0.884. The predicted molar refractivity (Wildman–Crippen MR) is 66.7 cm³/mol. The summed E-state index contributed by atoms with van der Waals surface area (Å²) in [7, 11) is 0. The zero-order valence-electron chi connectivity index (χ0n) is 9.92. The molecule has 0 spiro atoms. The van der Waals surface area contributed by atoms with Crippen molar-refractivity contribution < 1.29 is 4.74 Å². The van der Waals surface area contributed by atoms with E-state index < -0.39 is 0 Å². The molecule has 2 N–H and O–H groups in total. The number of nitrogens with two attached hydrogens (primary N) is 1. The van der Waals surface area contributed by atoms with Crippen molar-refractivity contribution in [2.75, 3.05) is 5.73 Å². The van der Waals surface area contributed by atoms with Crippen molar-refractivity contribution in [2.45, 2.75) is 13.5 Å². The maximum absolute atomic E-state index is 8.83. The average Bonchev–Trinajstić information content (AvgIpc) is 2.40. The molecule has 1 aromatic heterocycles. The van der Waals surface area contributed by atoms with E-state index in [1.165, 1.54) is 6.20 Å². The number of benzene rings is 1. The van der Waals surface area contributed by atoms with Crippen LogP contribution >= 0.6 is 0 Å². The van der Waals surface area contributed by atoms with E-state index >= 15 is 0 Å². The van der Waals surface area contributed by atoms with Gasteiger partial charge in [0.2, 0.25) is 0 Å². The number of aryl methyl sites for hydroxylation is 1. The molecule has 0 radical (unpaired) electrons. The summed E-state index contributed by atoms with van der Waals surface area (Å²) in [5.74, 6) is 1.05. The number of hydrogen-bond acceptors (Lipinski definition) is 5. The molecule has 0 fully saturated rings. The van der Waals surface area contributed by atoms with Crippen LogP contribution in [0, 0.1) is 18.3 Å². The normalized spacial score (nSPS) is 9.78. The van der Waals surface area contributed by atoms with Crippen LogP contribution in [0.2, 0.25) is 0 Å². The standard InChI is InChI=1S/C13H12N4O/c1-9-2-3-10(5-14)4-12(9)18-8-11-6-17-13(15)7-16-11/h2-4,6-7H,8H2,1H3,(H2,15,17). The minimum absolute atomic E-state index is 0.295. The molecular formula is C13H12N4O. The Labute approximate surface area is 105 Å². The van der Waals surface area contributed by atoms with Crippen molar-refractivity contribution in [1.82, 2.24) is 9.97 Å². The number of ether oxygens (including phenoxy) is 1. The van der Waals surface area contributed by atoms with E-state index in [1.54, 1.807) is 18.3 Å². The number of aromatic nitrogens is 2. The van der Waals surface area contributed by atoms with Gasteiger partial charge in [0.05, 0.1) is 29.7 Å². The molecular weight excluding hydrogens is 228 g/mol. The highest BCUT2D eigenvalue weighted by Crippen LogP contribution is 2.20. The summed E-state index contributed by atoms with van der Waals surface area (Å²) >= 11 is 0. The molecule has 0 saturated carbocycles. The summed E-state index contributed by atoms with van der Waals surface area (Å²) in [5.41, 5.74) is 7.67. The lowest BCUT2D eigenvalue weighted by molar-refractivity contribution is 0.298. The largest absolute Gasteiger partial charge is 0.487 e. The maximum atomic E-state index is 8.83. The fourth-order valence-corrected chi connectivity index (χ4v) is 1.42. The highest BCUT2D eigenvalue weighted by Gasteiger charge is 2.03. The van der Waals surface area contributed by atoms with Crippen LogP contribution < -0.4 is 10.5 Å². The summed E-state index contributed by atoms with van der Waals surface area (Å²) in [5, 5.41) is 8.83. The van der Waals surface area contributed by atoms with Gasteiger partial charge in [-0.1, -0.05) is 6.07 Å². The van der Waals surface area contributed by atoms with Gasteiger partial charge in [-0.15, -0.1) is 0 Å². The molecule has 0 aliphatic heterocycles. The third-order valence-electron chi connectivity index (χ3n) is 2.42. The van der Waals surface area contributed by atoms with Gasteiger partial charge in [0.1, 0.15) is 18.2 Å². The van der Waals surface area contributed by atoms with Crippen LogP contribution in [-0.4, -0.2) is 9.97 Å². The van der Waals surface area contributed by atoms with Crippen LogP contribution in [0.5, 0.6) is 5.75 Å². The molecule has 5 heteroatoms. The van der Waals surface area contributed by atoms with E-state index in [0.29, 0.717) is 29.4 Å². The van der Waals surface area contributed by atoms with Crippen LogP contribution in [0.1, 0.15) is 16.8 Å². The summed E-state index contributed by atoms with van der Waals surface area (Å²) in [6, 6.07) is 7.39. The van der Waals surface area contributed by atoms with Crippen molar-refractivity contribution in [3.05, 3.63) is 47.4 Å². The summed E-state index contributed by atoms with van der Waals surface area (Å²) in [6.07, 6.45) is 3.05. The molecule has 0 amide bonds. The molecule has 2 aromatic rings. The third-order valence-corrected chi connectivity index (χ3v) is 2.42. The van der Waals surface area contributed by atoms with Crippen LogP contribution in [0.25, 0.3) is 0 Å². The molecule has 90 valence electrons. The Kier molecular flexibility index (Phi) is 3.39. The highest BCUT2D eigenvalue weighted by atomic mass is 16.5. The van der Waals surface area contributed by atoms with E-state index in [9.17, 15) is 0 Å². The maximum Gasteiger partial charge on any atom is 0.141 e. The van der Waals surface area contributed by atoms with Crippen LogP contribution in [0.4, 0.5) is 5.82 Å². The van der Waals surface area contributed by atoms with Gasteiger partial charge in [-0.3, -0.25) is 4.98 Å². The molecule has 18 heavy (non-hydrogen) atoms. The Hall–Kier alpha value is -2.61. The molecule has 0 aliphatic carbocycles. The summed E-state index contributed by atoms with van der Waals surface area (Å²) in [6.45, 7) is 2.22. The summed E-state index contributed by atoms with van der Waals surface area (Å²) in [4.78, 5) is 8.02. The topological polar surface area (TPSA) is 84.8 Å². The number of rotatable bonds is 3. The summed E-state index contributed by atoms with van der Waals surface area (Å²) < 4.78 is 5.61. The Bertz CT molecular complexity index is 587. The first-order chi connectivity index (χ1) is 8.69. The van der Waals surface area contributed by atoms with E-state index in [0.717, 1.165) is 5.56 Å². The van der Waals surface area contributed by atoms with Crippen LogP contribution in [-0.2, 0) is 6.61 Å². The molecule has 0 aliphatic rings. The minimum Gasteiger partial charge on any atom is -0.487 e. The Morgan fingerprint density at radius 2 is 2.17 bits per heavy atom. The Balaban J connectivity index is 2.10. The lowest BCUT2D eigenvalue weighted by Gasteiger charge is -2.08. The van der Waals surface area contributed by atoms with Gasteiger partial charge in [0.15, 0.2) is 0 Å². The highest BCUT2D eigenvalue weighted by molar-refractivity contribution is 5.41. The molecule has 1 heterocycles. The molecule has 0 saturated heterocycles. The van der Waals surface area contributed by atoms with Crippen molar-refractivity contribution in [3.8, 4) is 11.8 Å². The first-order valence-electron chi connectivity index (χ1n) is 5.39. The zero-order chi connectivity index (χ0) is 13.0.